The van der Waals surface area contributed by atoms with Gasteiger partial charge in [-0.05, 0) is 72.7 Å². The van der Waals surface area contributed by atoms with Gasteiger partial charge < -0.3 is 67.2 Å². The van der Waals surface area contributed by atoms with Gasteiger partial charge in [0, 0.05) is 56.2 Å². The molecule has 384 valence electrons. The molecule has 0 unspecified atom stereocenters. The number of ether oxygens (including phenoxy) is 3. The molecule has 0 saturated carbocycles. The number of allylic oxidation sites excluding steroid dienone is 2. The molecular formula is C53H59N7O13. The fraction of sp³-hybridized carbons (Fsp3) is 0.415. The quantitative estimate of drug-likeness (QED) is 0.0248. The van der Waals surface area contributed by atoms with Crippen molar-refractivity contribution in [2.24, 2.45) is 17.4 Å². The number of carbonyl (C=O) groups excluding carboxylic acids is 7. The average molecular weight is 1000 g/mol. The van der Waals surface area contributed by atoms with Crippen molar-refractivity contribution in [3.05, 3.63) is 105 Å². The van der Waals surface area contributed by atoms with Crippen LogP contribution in [0.2, 0.25) is 0 Å². The first kappa shape index (κ1) is 53.2. The van der Waals surface area contributed by atoms with Gasteiger partial charge in [-0.25, -0.2) is 9.59 Å². The molecule has 4 aliphatic rings. The van der Waals surface area contributed by atoms with E-state index in [1.54, 1.807) is 44.2 Å². The molecule has 2 aliphatic carbocycles. The van der Waals surface area contributed by atoms with Crippen molar-refractivity contribution in [1.29, 1.82) is 0 Å². The first-order chi connectivity index (χ1) is 34.8. The number of epoxide rings is 1. The number of nitrogens with zero attached hydrogens (tertiary/aromatic N) is 1. The fourth-order valence-electron chi connectivity index (χ4n) is 9.48. The van der Waals surface area contributed by atoms with Crippen LogP contribution in [0, 0.1) is 29.6 Å². The number of phenols is 1. The van der Waals surface area contributed by atoms with E-state index in [1.165, 1.54) is 49.2 Å². The first-order valence-corrected chi connectivity index (χ1v) is 23.9. The number of aromatic hydroxyl groups is 1. The third-order valence-electron chi connectivity index (χ3n) is 13.2. The number of amides is 5. The summed E-state index contributed by atoms with van der Waals surface area (Å²) in [5.41, 5.74) is 8.98. The van der Waals surface area contributed by atoms with Crippen LogP contribution in [0.15, 0.2) is 60.7 Å². The molecule has 1 saturated heterocycles. The molecule has 0 radical (unpaired) electrons. The molecule has 1 fully saturated rings. The Morgan fingerprint density at radius 2 is 1.60 bits per heavy atom. The third-order valence-corrected chi connectivity index (χ3v) is 13.2. The maximum atomic E-state index is 14.4. The molecule has 20 nitrogen and oxygen atoms in total. The zero-order valence-electron chi connectivity index (χ0n) is 40.8. The number of urea groups is 1. The van der Waals surface area contributed by atoms with Gasteiger partial charge in [0.15, 0.2) is 34.7 Å². The van der Waals surface area contributed by atoms with Crippen molar-refractivity contribution in [3.8, 4) is 29.4 Å². The second-order valence-corrected chi connectivity index (χ2v) is 18.6. The number of nitrogens with two attached hydrogens (primary N) is 2. The van der Waals surface area contributed by atoms with Gasteiger partial charge >= 0.3 is 12.1 Å². The number of nitrogens with one attached hydrogen (secondary N) is 4. The van der Waals surface area contributed by atoms with Gasteiger partial charge in [0.05, 0.1) is 42.2 Å². The van der Waals surface area contributed by atoms with E-state index in [0.29, 0.717) is 36.3 Å². The van der Waals surface area contributed by atoms with E-state index in [1.807, 2.05) is 0 Å². The lowest BCUT2D eigenvalue weighted by atomic mass is 9.69. The van der Waals surface area contributed by atoms with Crippen LogP contribution in [-0.4, -0.2) is 131 Å². The highest BCUT2D eigenvalue weighted by molar-refractivity contribution is 6.31. The van der Waals surface area contributed by atoms with Crippen LogP contribution in [0.3, 0.4) is 0 Å². The Morgan fingerprint density at radius 1 is 0.918 bits per heavy atom. The van der Waals surface area contributed by atoms with E-state index in [2.05, 4.69) is 44.9 Å². The number of rotatable bonds is 21. The van der Waals surface area contributed by atoms with E-state index < -0.39 is 82.8 Å². The molecule has 73 heavy (non-hydrogen) atoms. The molecule has 2 aliphatic heterocycles. The second kappa shape index (κ2) is 22.4. The van der Waals surface area contributed by atoms with Gasteiger partial charge in [-0.2, -0.15) is 0 Å². The van der Waals surface area contributed by atoms with Gasteiger partial charge in [-0.3, -0.25) is 24.0 Å². The van der Waals surface area contributed by atoms with Crippen LogP contribution in [0.1, 0.15) is 94.1 Å². The SMILES string of the molecule is CC(C)[C@H](NC(=O)CCOCCN)C(=O)N[C@@H](CCCNC(N)=O)C(=O)Cc1ccc(COC(=O)N(C)Cc2ccc3c(c2)C(=O)c2c(O)cc4c(c2C3=O)N[C@H]2C#C/C=C\C#C[C@@H](O)[C@@]43O[C@@]23[C@@H](C)O)cc1. The number of Topliss-reactive ketones (excluding diaryl/α,β-unsaturated/α-hetero) is 1. The lowest BCUT2D eigenvalue weighted by molar-refractivity contribution is -0.132. The summed E-state index contributed by atoms with van der Waals surface area (Å²) in [6.45, 7) is 5.75. The summed E-state index contributed by atoms with van der Waals surface area (Å²) in [7, 11) is 1.49. The van der Waals surface area contributed by atoms with E-state index in [0.717, 1.165) is 0 Å². The number of hydrogen-bond donors (Lipinski definition) is 9. The lowest BCUT2D eigenvalue weighted by Crippen LogP contribution is -2.54. The average Bonchev–Trinajstić information content (AvgIpc) is 4.09. The molecule has 0 spiro atoms. The predicted molar refractivity (Wildman–Crippen MR) is 264 cm³/mol. The molecule has 7 atom stereocenters. The largest absolute Gasteiger partial charge is 0.507 e. The maximum absolute atomic E-state index is 14.4. The monoisotopic (exact) mass is 1000 g/mol. The predicted octanol–water partition coefficient (Wildman–Crippen LogP) is 1.56. The molecule has 3 aromatic carbocycles. The molecule has 7 rings (SSSR count). The number of aliphatic hydroxyl groups excluding tert-OH is 2. The Labute approximate surface area is 421 Å². The van der Waals surface area contributed by atoms with Crippen LogP contribution >= 0.6 is 0 Å². The number of benzene rings is 3. The van der Waals surface area contributed by atoms with Crippen molar-refractivity contribution in [1.82, 2.24) is 20.9 Å². The topological polar surface area (TPSA) is 315 Å². The number of aliphatic hydroxyl groups is 2. The first-order valence-electron chi connectivity index (χ1n) is 23.9. The standard InChI is InChI=1S/C53H59N7O13/c1-29(2)45(59-42(65)19-22-71-23-20-54)49(68)57-37(10-9-21-56-50(55)69)38(62)25-31-13-15-32(16-14-31)28-72-51(70)60(4)27-33-17-18-34-35(24-33)48(67)43-39(63)26-36-46(44(43)47(34)66)58-40-11-7-5-6-8-12-41(64)53(36)52(40,73-53)30(3)61/h5-6,13-18,24,26,29-30,37,40-41,45,58,61,63-64H,9-10,19-23,25,27-28,54H2,1-4H3,(H,57,68)(H,59,65)(H3,55,56,69)/b6-5-/t30-,37+,40+,41-,45+,52+,53+/m1/s1. The minimum absolute atomic E-state index is 0.00263. The summed E-state index contributed by atoms with van der Waals surface area (Å²) in [6.07, 6.45) is -0.0388. The Kier molecular flexibility index (Phi) is 16.4. The normalized spacial score (nSPS) is 21.3. The molecular weight excluding hydrogens is 943 g/mol. The number of ketones is 3. The molecule has 2 heterocycles. The van der Waals surface area contributed by atoms with Gasteiger partial charge in [-0.1, -0.05) is 67.9 Å². The van der Waals surface area contributed by atoms with E-state index in [-0.39, 0.29) is 90.8 Å². The highest BCUT2D eigenvalue weighted by Gasteiger charge is 2.82. The van der Waals surface area contributed by atoms with E-state index >= 15 is 0 Å². The zero-order valence-corrected chi connectivity index (χ0v) is 40.8. The molecule has 3 aromatic rings. The number of fused-ring (bicyclic) bond motifs is 4. The van der Waals surface area contributed by atoms with Gasteiger partial charge in [-0.15, -0.1) is 0 Å². The molecule has 20 heteroatoms. The number of anilines is 1. The fourth-order valence-corrected chi connectivity index (χ4v) is 9.48. The summed E-state index contributed by atoms with van der Waals surface area (Å²) >= 11 is 0. The summed E-state index contributed by atoms with van der Waals surface area (Å²) in [6, 6.07) is 8.95. The number of carbonyl (C=O) groups is 7. The number of hydrogen-bond acceptors (Lipinski definition) is 15. The minimum Gasteiger partial charge on any atom is -0.507 e. The summed E-state index contributed by atoms with van der Waals surface area (Å²) in [5.74, 6) is 7.88. The lowest BCUT2D eigenvalue weighted by Gasteiger charge is -2.37. The van der Waals surface area contributed by atoms with Crippen molar-refractivity contribution < 1.29 is 63.1 Å². The summed E-state index contributed by atoms with van der Waals surface area (Å²) in [5, 5.41) is 45.1. The highest BCUT2D eigenvalue weighted by atomic mass is 16.7. The van der Waals surface area contributed by atoms with Crippen molar-refractivity contribution in [2.45, 2.75) is 101 Å². The van der Waals surface area contributed by atoms with Crippen LogP contribution in [0.5, 0.6) is 5.75 Å². The maximum Gasteiger partial charge on any atom is 0.410 e. The van der Waals surface area contributed by atoms with Crippen molar-refractivity contribution in [3.63, 3.8) is 0 Å². The molecule has 2 bridgehead atoms. The number of primary amides is 1. The molecule has 11 N–H and O–H groups in total. The minimum atomic E-state index is -1.70. The second-order valence-electron chi connectivity index (χ2n) is 18.6. The van der Waals surface area contributed by atoms with Crippen LogP contribution < -0.4 is 32.7 Å². The Morgan fingerprint density at radius 3 is 2.29 bits per heavy atom. The highest BCUT2D eigenvalue weighted by Crippen LogP contribution is 2.67. The Bertz CT molecular complexity index is 2860. The molecule has 0 aromatic heterocycles. The number of phenolic OH excluding ortho intramolecular Hbond substituents is 1. The van der Waals surface area contributed by atoms with Crippen molar-refractivity contribution in [2.75, 3.05) is 38.7 Å². The third kappa shape index (κ3) is 10.9. The zero-order chi connectivity index (χ0) is 52.8. The van der Waals surface area contributed by atoms with Crippen LogP contribution in [-0.2, 0) is 53.8 Å². The molecule has 5 amide bonds. The van der Waals surface area contributed by atoms with Crippen LogP contribution in [0.4, 0.5) is 15.3 Å². The van der Waals surface area contributed by atoms with Crippen molar-refractivity contribution >= 4 is 47.0 Å². The smallest absolute Gasteiger partial charge is 0.410 e. The van der Waals surface area contributed by atoms with Gasteiger partial charge in [0.2, 0.25) is 11.8 Å². The van der Waals surface area contributed by atoms with E-state index in [4.69, 9.17) is 25.7 Å². The van der Waals surface area contributed by atoms with Crippen LogP contribution in [0.25, 0.3) is 0 Å². The summed E-state index contributed by atoms with van der Waals surface area (Å²) < 4.78 is 17.1. The Hall–Kier alpha value is -7.59. The van der Waals surface area contributed by atoms with Gasteiger partial charge in [0.1, 0.15) is 24.4 Å². The van der Waals surface area contributed by atoms with E-state index in [9.17, 15) is 48.9 Å². The Balaban J connectivity index is 0.979. The van der Waals surface area contributed by atoms with Gasteiger partial charge in [0.25, 0.3) is 0 Å². The summed E-state index contributed by atoms with van der Waals surface area (Å²) in [4.78, 5) is 94.1.